The summed E-state index contributed by atoms with van der Waals surface area (Å²) >= 11 is 0. The molecule has 5 nitrogen and oxygen atoms in total. The van der Waals surface area contributed by atoms with Gasteiger partial charge < -0.3 is 14.3 Å². The number of para-hydroxylation sites is 2. The van der Waals surface area contributed by atoms with Crippen LogP contribution in [0.3, 0.4) is 0 Å². The summed E-state index contributed by atoms with van der Waals surface area (Å²) in [5.74, 6) is -0.233. The maximum atomic E-state index is 11.8. The van der Waals surface area contributed by atoms with Gasteiger partial charge in [0.05, 0.1) is 0 Å². The first-order chi connectivity index (χ1) is 9.17. The summed E-state index contributed by atoms with van der Waals surface area (Å²) in [6.45, 7) is -0.0458. The molecule has 0 radical (unpaired) electrons. The first-order valence-corrected chi connectivity index (χ1v) is 6.41. The second-order valence-corrected chi connectivity index (χ2v) is 4.89. The van der Waals surface area contributed by atoms with Gasteiger partial charge >= 0.3 is 5.97 Å². The van der Waals surface area contributed by atoms with Crippen LogP contribution in [0.4, 0.5) is 0 Å². The van der Waals surface area contributed by atoms with Crippen LogP contribution < -0.4 is 0 Å². The number of esters is 1. The third-order valence-corrected chi connectivity index (χ3v) is 3.48. The van der Waals surface area contributed by atoms with E-state index in [2.05, 4.69) is 4.98 Å². The molecule has 3 rings (SSSR count). The summed E-state index contributed by atoms with van der Waals surface area (Å²) in [4.78, 5) is 16.0. The van der Waals surface area contributed by atoms with Gasteiger partial charge in [-0.05, 0) is 37.8 Å². The van der Waals surface area contributed by atoms with E-state index in [0.717, 1.165) is 18.4 Å². The zero-order valence-corrected chi connectivity index (χ0v) is 10.5. The van der Waals surface area contributed by atoms with Crippen molar-refractivity contribution < 1.29 is 19.1 Å². The lowest BCUT2D eigenvalue weighted by molar-refractivity contribution is -0.166. The number of nitrogens with zero attached hydrogens (tertiary/aromatic N) is 1. The van der Waals surface area contributed by atoms with Crippen molar-refractivity contribution >= 4 is 17.1 Å². The molecule has 1 heterocycles. The molecular formula is C14H15NO4. The van der Waals surface area contributed by atoms with Gasteiger partial charge in [-0.25, -0.2) is 9.78 Å². The molecule has 0 amide bonds. The van der Waals surface area contributed by atoms with E-state index in [9.17, 15) is 9.90 Å². The number of fused-ring (bicyclic) bond motifs is 1. The first kappa shape index (κ1) is 12.2. The summed E-state index contributed by atoms with van der Waals surface area (Å²) < 4.78 is 10.5. The molecule has 1 saturated carbocycles. The number of hydrogen-bond donors (Lipinski definition) is 1. The quantitative estimate of drug-likeness (QED) is 0.857. The number of ether oxygens (including phenoxy) is 1. The smallest absolute Gasteiger partial charge is 0.338 e. The molecule has 1 aliphatic rings. The number of rotatable bonds is 3. The minimum atomic E-state index is -1.31. The zero-order chi connectivity index (χ0) is 13.3. The predicted octanol–water partition coefficient (Wildman–Crippen LogP) is 2.18. The van der Waals surface area contributed by atoms with Crippen LogP contribution in [0.2, 0.25) is 0 Å². The highest BCUT2D eigenvalue weighted by atomic mass is 16.6. The summed E-state index contributed by atoms with van der Waals surface area (Å²) in [5.41, 5.74) is 0.0766. The van der Waals surface area contributed by atoms with Crippen molar-refractivity contribution in [1.82, 2.24) is 4.98 Å². The third kappa shape index (κ3) is 2.33. The van der Waals surface area contributed by atoms with Gasteiger partial charge in [-0.2, -0.15) is 0 Å². The maximum absolute atomic E-state index is 11.8. The van der Waals surface area contributed by atoms with Crippen molar-refractivity contribution in [3.8, 4) is 0 Å². The van der Waals surface area contributed by atoms with Gasteiger partial charge in [-0.3, -0.25) is 0 Å². The lowest BCUT2D eigenvalue weighted by Crippen LogP contribution is -2.36. The highest BCUT2D eigenvalue weighted by molar-refractivity contribution is 5.79. The van der Waals surface area contributed by atoms with Gasteiger partial charge in [0, 0.05) is 0 Å². The fraction of sp³-hybridized carbons (Fsp3) is 0.429. The molecule has 2 aromatic rings. The summed E-state index contributed by atoms with van der Waals surface area (Å²) in [5, 5.41) is 10.1. The molecule has 1 aromatic carbocycles. The number of hydrogen-bond acceptors (Lipinski definition) is 5. The normalized spacial score (nSPS) is 17.7. The van der Waals surface area contributed by atoms with Gasteiger partial charge in [-0.1, -0.05) is 12.1 Å². The summed E-state index contributed by atoms with van der Waals surface area (Å²) in [7, 11) is 0. The number of aromatic nitrogens is 1. The Morgan fingerprint density at radius 3 is 2.84 bits per heavy atom. The van der Waals surface area contributed by atoms with Crippen LogP contribution >= 0.6 is 0 Å². The van der Waals surface area contributed by atoms with Gasteiger partial charge in [0.15, 0.2) is 17.8 Å². The van der Waals surface area contributed by atoms with Crippen LogP contribution in [0.5, 0.6) is 0 Å². The highest BCUT2D eigenvalue weighted by Crippen LogP contribution is 2.30. The van der Waals surface area contributed by atoms with Crippen molar-refractivity contribution in [1.29, 1.82) is 0 Å². The Hall–Kier alpha value is -1.88. The molecule has 5 heteroatoms. The molecule has 1 aromatic heterocycles. The largest absolute Gasteiger partial charge is 0.454 e. The SMILES string of the molecule is O=C(OCc1nc2ccccc2o1)C1(O)CCCC1. The van der Waals surface area contributed by atoms with Crippen molar-refractivity contribution in [2.45, 2.75) is 37.9 Å². The highest BCUT2D eigenvalue weighted by Gasteiger charge is 2.40. The summed E-state index contributed by atoms with van der Waals surface area (Å²) in [6.07, 6.45) is 2.65. The van der Waals surface area contributed by atoms with Gasteiger partial charge in [0.2, 0.25) is 5.89 Å². The Morgan fingerprint density at radius 2 is 2.11 bits per heavy atom. The third-order valence-electron chi connectivity index (χ3n) is 3.48. The van der Waals surface area contributed by atoms with E-state index in [1.54, 1.807) is 6.07 Å². The second kappa shape index (κ2) is 4.66. The molecule has 0 bridgehead atoms. The molecule has 1 N–H and O–H groups in total. The van der Waals surface area contributed by atoms with Gasteiger partial charge in [0.1, 0.15) is 5.52 Å². The predicted molar refractivity (Wildman–Crippen MR) is 67.2 cm³/mol. The average Bonchev–Trinajstić information content (AvgIpc) is 3.02. The first-order valence-electron chi connectivity index (χ1n) is 6.41. The number of carbonyl (C=O) groups is 1. The molecule has 0 aliphatic heterocycles. The van der Waals surface area contributed by atoms with Crippen molar-refractivity contribution in [3.05, 3.63) is 30.2 Å². The molecule has 0 spiro atoms. The average molecular weight is 261 g/mol. The molecule has 0 atom stereocenters. The van der Waals surface area contributed by atoms with Crippen LogP contribution in [0.15, 0.2) is 28.7 Å². The summed E-state index contributed by atoms with van der Waals surface area (Å²) in [6, 6.07) is 7.35. The van der Waals surface area contributed by atoms with E-state index in [1.807, 2.05) is 18.2 Å². The standard InChI is InChI=1S/C14H15NO4/c16-13(14(17)7-3-4-8-14)18-9-12-15-10-5-1-2-6-11(10)19-12/h1-2,5-6,17H,3-4,7-9H2. The number of benzene rings is 1. The number of carbonyl (C=O) groups excluding carboxylic acids is 1. The number of aliphatic hydroxyl groups is 1. The van der Waals surface area contributed by atoms with Crippen molar-refractivity contribution in [2.24, 2.45) is 0 Å². The molecule has 1 aliphatic carbocycles. The van der Waals surface area contributed by atoms with E-state index >= 15 is 0 Å². The minimum Gasteiger partial charge on any atom is -0.454 e. The lowest BCUT2D eigenvalue weighted by Gasteiger charge is -2.18. The maximum Gasteiger partial charge on any atom is 0.338 e. The van der Waals surface area contributed by atoms with Crippen LogP contribution in [-0.2, 0) is 16.1 Å². The molecule has 1 fully saturated rings. The Bertz CT molecular complexity index is 565. The molecular weight excluding hydrogens is 246 g/mol. The molecule has 19 heavy (non-hydrogen) atoms. The molecule has 100 valence electrons. The van der Waals surface area contributed by atoms with E-state index in [1.165, 1.54) is 0 Å². The molecule has 0 unspecified atom stereocenters. The van der Waals surface area contributed by atoms with E-state index < -0.39 is 11.6 Å². The fourth-order valence-electron chi connectivity index (χ4n) is 2.41. The van der Waals surface area contributed by atoms with Gasteiger partial charge in [-0.15, -0.1) is 0 Å². The van der Waals surface area contributed by atoms with Crippen LogP contribution in [0.25, 0.3) is 11.1 Å². The second-order valence-electron chi connectivity index (χ2n) is 4.89. The zero-order valence-electron chi connectivity index (χ0n) is 10.5. The van der Waals surface area contributed by atoms with E-state index in [0.29, 0.717) is 24.3 Å². The van der Waals surface area contributed by atoms with Crippen molar-refractivity contribution in [2.75, 3.05) is 0 Å². The monoisotopic (exact) mass is 261 g/mol. The van der Waals surface area contributed by atoms with Crippen LogP contribution in [0.1, 0.15) is 31.6 Å². The minimum absolute atomic E-state index is 0.0458. The topological polar surface area (TPSA) is 72.6 Å². The molecule has 0 saturated heterocycles. The van der Waals surface area contributed by atoms with Gasteiger partial charge in [0.25, 0.3) is 0 Å². The Morgan fingerprint density at radius 1 is 1.37 bits per heavy atom. The Labute approximate surface area is 110 Å². The van der Waals surface area contributed by atoms with Crippen LogP contribution in [0, 0.1) is 0 Å². The lowest BCUT2D eigenvalue weighted by atomic mass is 10.0. The Balaban J connectivity index is 1.67. The van der Waals surface area contributed by atoms with E-state index in [-0.39, 0.29) is 6.61 Å². The fourth-order valence-corrected chi connectivity index (χ4v) is 2.41. The van der Waals surface area contributed by atoms with Crippen LogP contribution in [-0.4, -0.2) is 21.7 Å². The Kier molecular flexibility index (Phi) is 2.98. The van der Waals surface area contributed by atoms with E-state index in [4.69, 9.17) is 9.15 Å². The van der Waals surface area contributed by atoms with Crippen molar-refractivity contribution in [3.63, 3.8) is 0 Å². The number of oxazole rings is 1.